The predicted molar refractivity (Wildman–Crippen MR) is 87.4 cm³/mol. The summed E-state index contributed by atoms with van der Waals surface area (Å²) in [5.74, 6) is -0.274. The van der Waals surface area contributed by atoms with Crippen molar-refractivity contribution in [3.63, 3.8) is 0 Å². The van der Waals surface area contributed by atoms with Gasteiger partial charge in [-0.1, -0.05) is 18.2 Å². The molecule has 0 atom stereocenters. The first-order valence-electron chi connectivity index (χ1n) is 6.63. The summed E-state index contributed by atoms with van der Waals surface area (Å²) >= 11 is 5.91. The molecule has 1 N–H and O–H groups in total. The van der Waals surface area contributed by atoms with Crippen molar-refractivity contribution >= 4 is 34.2 Å². The lowest BCUT2D eigenvalue weighted by Gasteiger charge is -2.04. The highest BCUT2D eigenvalue weighted by Gasteiger charge is 2.11. The number of aromatic nitrogens is 3. The van der Waals surface area contributed by atoms with Crippen molar-refractivity contribution in [1.82, 2.24) is 14.8 Å². The Bertz CT molecular complexity index is 868. The Labute approximate surface area is 132 Å². The molecule has 0 radical (unpaired) electrons. The highest BCUT2D eigenvalue weighted by atomic mass is 35.5. The van der Waals surface area contributed by atoms with Crippen LogP contribution in [0.3, 0.4) is 0 Å². The number of nitrogens with one attached hydrogen (secondary N) is 1. The van der Waals surface area contributed by atoms with Crippen molar-refractivity contribution in [1.29, 1.82) is 0 Å². The number of benzene rings is 1. The molecule has 1 amide bonds. The lowest BCUT2D eigenvalue weighted by Crippen LogP contribution is -2.07. The van der Waals surface area contributed by atoms with E-state index in [9.17, 15) is 4.79 Å². The Balaban J connectivity index is 2.09. The maximum absolute atomic E-state index is 11.4. The maximum atomic E-state index is 11.4. The minimum atomic E-state index is -0.274. The van der Waals surface area contributed by atoms with Gasteiger partial charge >= 0.3 is 0 Å². The molecule has 0 unspecified atom stereocenters. The second kappa shape index (κ2) is 5.61. The van der Waals surface area contributed by atoms with Crippen LogP contribution < -0.4 is 5.32 Å². The number of fused-ring (bicyclic) bond motifs is 1. The third kappa shape index (κ3) is 2.58. The smallest absolute Gasteiger partial charge is 0.247 e. The van der Waals surface area contributed by atoms with Crippen molar-refractivity contribution in [2.45, 2.75) is 6.92 Å². The van der Waals surface area contributed by atoms with Crippen LogP contribution in [0.2, 0.25) is 5.02 Å². The minimum absolute atomic E-state index is 0.274. The van der Waals surface area contributed by atoms with Gasteiger partial charge in [-0.3, -0.25) is 4.79 Å². The zero-order valence-electron chi connectivity index (χ0n) is 11.9. The summed E-state index contributed by atoms with van der Waals surface area (Å²) in [6, 6.07) is 9.21. The molecule has 3 aromatic rings. The topological polar surface area (TPSA) is 59.8 Å². The first-order chi connectivity index (χ1) is 10.6. The average molecular weight is 313 g/mol. The van der Waals surface area contributed by atoms with Crippen LogP contribution in [0, 0.1) is 6.92 Å². The lowest BCUT2D eigenvalue weighted by molar-refractivity contribution is -0.111. The van der Waals surface area contributed by atoms with Gasteiger partial charge in [0.25, 0.3) is 0 Å². The number of hydrogen-bond acceptors (Lipinski definition) is 3. The predicted octanol–water partition coefficient (Wildman–Crippen LogP) is 3.51. The van der Waals surface area contributed by atoms with Gasteiger partial charge in [0, 0.05) is 10.4 Å². The quantitative estimate of drug-likeness (QED) is 0.753. The summed E-state index contributed by atoms with van der Waals surface area (Å²) in [6.07, 6.45) is 2.81. The molecule has 2 heterocycles. The second-order valence-corrected chi connectivity index (χ2v) is 5.20. The third-order valence-electron chi connectivity index (χ3n) is 3.23. The van der Waals surface area contributed by atoms with E-state index in [1.807, 2.05) is 25.1 Å². The zero-order valence-corrected chi connectivity index (χ0v) is 12.6. The molecule has 0 saturated heterocycles. The first-order valence-corrected chi connectivity index (χ1v) is 7.01. The van der Waals surface area contributed by atoms with Gasteiger partial charge in [0.15, 0.2) is 5.65 Å². The van der Waals surface area contributed by atoms with Crippen LogP contribution in [-0.2, 0) is 4.79 Å². The highest BCUT2D eigenvalue weighted by molar-refractivity contribution is 6.30. The highest BCUT2D eigenvalue weighted by Crippen LogP contribution is 2.23. The fraction of sp³-hybridized carbons (Fsp3) is 0.0625. The van der Waals surface area contributed by atoms with Crippen LogP contribution in [0.25, 0.3) is 16.7 Å². The summed E-state index contributed by atoms with van der Waals surface area (Å²) < 4.78 is 1.75. The minimum Gasteiger partial charge on any atom is -0.321 e. The summed E-state index contributed by atoms with van der Waals surface area (Å²) in [7, 11) is 0. The molecule has 5 nitrogen and oxygen atoms in total. The number of carbonyl (C=O) groups is 1. The van der Waals surface area contributed by atoms with E-state index >= 15 is 0 Å². The van der Waals surface area contributed by atoms with Crippen LogP contribution in [0.15, 0.2) is 49.2 Å². The third-order valence-corrected chi connectivity index (χ3v) is 3.48. The summed E-state index contributed by atoms with van der Waals surface area (Å²) in [5.41, 5.74) is 3.03. The molecular formula is C16H13ClN4O. The second-order valence-electron chi connectivity index (χ2n) is 4.76. The fourth-order valence-electron chi connectivity index (χ4n) is 2.17. The molecule has 0 aliphatic heterocycles. The van der Waals surface area contributed by atoms with Crippen LogP contribution in [0.4, 0.5) is 5.69 Å². The van der Waals surface area contributed by atoms with Gasteiger partial charge in [-0.25, -0.2) is 9.67 Å². The van der Waals surface area contributed by atoms with Gasteiger partial charge in [0.1, 0.15) is 0 Å². The van der Waals surface area contributed by atoms with E-state index in [1.165, 1.54) is 6.08 Å². The molecular weight excluding hydrogens is 300 g/mol. The van der Waals surface area contributed by atoms with Crippen LogP contribution in [0.1, 0.15) is 5.69 Å². The number of anilines is 1. The Morgan fingerprint density at radius 1 is 1.36 bits per heavy atom. The number of pyridine rings is 1. The lowest BCUT2D eigenvalue weighted by atomic mass is 10.2. The molecule has 22 heavy (non-hydrogen) atoms. The normalized spacial score (nSPS) is 10.6. The Hall–Kier alpha value is -2.66. The van der Waals surface area contributed by atoms with Crippen LogP contribution in [-0.4, -0.2) is 20.7 Å². The van der Waals surface area contributed by atoms with Gasteiger partial charge in [-0.2, -0.15) is 5.10 Å². The average Bonchev–Trinajstić information content (AvgIpc) is 2.85. The number of carbonyl (C=O) groups excluding carboxylic acids is 1. The SMILES string of the molecule is C=CC(=O)Nc1cnc2c(c1)c(C)nn2-c1ccc(Cl)cc1. The van der Waals surface area contributed by atoms with Crippen molar-refractivity contribution < 1.29 is 4.79 Å². The molecule has 0 saturated carbocycles. The van der Waals surface area contributed by atoms with Crippen molar-refractivity contribution in [3.8, 4) is 5.69 Å². The van der Waals surface area contributed by atoms with Gasteiger partial charge in [0.05, 0.1) is 23.3 Å². The Kier molecular flexibility index (Phi) is 3.65. The van der Waals surface area contributed by atoms with Crippen molar-refractivity contribution in [2.24, 2.45) is 0 Å². The monoisotopic (exact) mass is 312 g/mol. The molecule has 2 aromatic heterocycles. The van der Waals surface area contributed by atoms with E-state index in [0.717, 1.165) is 22.4 Å². The number of nitrogens with zero attached hydrogens (tertiary/aromatic N) is 3. The van der Waals surface area contributed by atoms with E-state index in [2.05, 4.69) is 22.0 Å². The van der Waals surface area contributed by atoms with Crippen LogP contribution >= 0.6 is 11.6 Å². The number of amides is 1. The Morgan fingerprint density at radius 3 is 2.77 bits per heavy atom. The molecule has 6 heteroatoms. The summed E-state index contributed by atoms with van der Waals surface area (Å²) in [6.45, 7) is 5.33. The van der Waals surface area contributed by atoms with E-state index < -0.39 is 0 Å². The molecule has 0 bridgehead atoms. The molecule has 110 valence electrons. The Morgan fingerprint density at radius 2 is 2.09 bits per heavy atom. The fourth-order valence-corrected chi connectivity index (χ4v) is 2.29. The molecule has 0 aliphatic carbocycles. The molecule has 1 aromatic carbocycles. The first kappa shape index (κ1) is 14.3. The van der Waals surface area contributed by atoms with Gasteiger partial charge in [-0.15, -0.1) is 0 Å². The van der Waals surface area contributed by atoms with Crippen molar-refractivity contribution in [2.75, 3.05) is 5.32 Å². The standard InChI is InChI=1S/C16H13ClN4O/c1-3-15(22)19-12-8-14-10(2)20-21(16(14)18-9-12)13-6-4-11(17)5-7-13/h3-9H,1H2,2H3,(H,19,22). The largest absolute Gasteiger partial charge is 0.321 e. The van der Waals surface area contributed by atoms with E-state index in [4.69, 9.17) is 11.6 Å². The van der Waals surface area contributed by atoms with Gasteiger partial charge in [0.2, 0.25) is 5.91 Å². The van der Waals surface area contributed by atoms with Crippen molar-refractivity contribution in [3.05, 3.63) is 59.9 Å². The summed E-state index contributed by atoms with van der Waals surface area (Å²) in [4.78, 5) is 15.8. The molecule has 0 spiro atoms. The summed E-state index contributed by atoms with van der Waals surface area (Å²) in [5, 5.41) is 8.74. The van der Waals surface area contributed by atoms with Gasteiger partial charge in [-0.05, 0) is 43.3 Å². The van der Waals surface area contributed by atoms with E-state index in [-0.39, 0.29) is 5.91 Å². The van der Waals surface area contributed by atoms with Gasteiger partial charge < -0.3 is 5.32 Å². The number of aryl methyl sites for hydroxylation is 1. The molecule has 0 fully saturated rings. The zero-order chi connectivity index (χ0) is 15.7. The van der Waals surface area contributed by atoms with E-state index in [0.29, 0.717) is 10.7 Å². The van der Waals surface area contributed by atoms with Crippen LogP contribution in [0.5, 0.6) is 0 Å². The number of halogens is 1. The van der Waals surface area contributed by atoms with E-state index in [1.54, 1.807) is 23.0 Å². The maximum Gasteiger partial charge on any atom is 0.247 e. The molecule has 3 rings (SSSR count). The molecule has 0 aliphatic rings. The number of rotatable bonds is 3. The number of hydrogen-bond donors (Lipinski definition) is 1.